The van der Waals surface area contributed by atoms with Gasteiger partial charge in [-0.2, -0.15) is 0 Å². The minimum absolute atomic E-state index is 0.393. The van der Waals surface area contributed by atoms with Crippen molar-refractivity contribution in [1.29, 1.82) is 0 Å². The molecule has 2 nitrogen and oxygen atoms in total. The van der Waals surface area contributed by atoms with Gasteiger partial charge in [-0.15, -0.1) is 0 Å². The summed E-state index contributed by atoms with van der Waals surface area (Å²) in [5.41, 5.74) is 1.87. The smallest absolute Gasteiger partial charge is 0.344 e. The molecule has 0 saturated heterocycles. The fraction of sp³-hybridized carbons (Fsp3) is 0. The number of benzene rings is 2. The highest BCUT2D eigenvalue weighted by Gasteiger charge is 2.28. The lowest BCUT2D eigenvalue weighted by Gasteiger charge is -2.02. The van der Waals surface area contributed by atoms with E-state index in [4.69, 9.17) is 27.9 Å². The normalized spacial score (nSPS) is 15.5. The fourth-order valence-electron chi connectivity index (χ4n) is 1.99. The summed E-state index contributed by atoms with van der Waals surface area (Å²) < 4.78 is 5.25. The molecule has 0 spiro atoms. The molecule has 1 aliphatic heterocycles. The highest BCUT2D eigenvalue weighted by Crippen LogP contribution is 2.36. The maximum atomic E-state index is 11.7. The Bertz CT molecular complexity index is 705. The van der Waals surface area contributed by atoms with Crippen molar-refractivity contribution >= 4 is 41.0 Å². The van der Waals surface area contributed by atoms with Gasteiger partial charge < -0.3 is 4.74 Å². The van der Waals surface area contributed by atoms with Gasteiger partial charge in [0, 0.05) is 5.02 Å². The van der Waals surface area contributed by atoms with Crippen LogP contribution in [-0.4, -0.2) is 5.97 Å². The average Bonchev–Trinajstić information content (AvgIpc) is 2.71. The Morgan fingerprint density at radius 1 is 0.947 bits per heavy atom. The first-order chi connectivity index (χ1) is 9.16. The molecule has 1 heterocycles. The number of hydrogen-bond donors (Lipinski definition) is 0. The highest BCUT2D eigenvalue weighted by molar-refractivity contribution is 6.34. The predicted molar refractivity (Wildman–Crippen MR) is 76.2 cm³/mol. The molecule has 2 aromatic carbocycles. The van der Waals surface area contributed by atoms with Crippen molar-refractivity contribution in [2.24, 2.45) is 0 Å². The quantitative estimate of drug-likeness (QED) is 0.714. The van der Waals surface area contributed by atoms with Gasteiger partial charge in [-0.1, -0.05) is 47.5 Å². The van der Waals surface area contributed by atoms with E-state index in [0.717, 1.165) is 5.56 Å². The number of ether oxygens (including phenoxy) is 1. The van der Waals surface area contributed by atoms with Crippen LogP contribution in [0.2, 0.25) is 10.0 Å². The lowest BCUT2D eigenvalue weighted by atomic mass is 10.1. The van der Waals surface area contributed by atoms with Crippen LogP contribution in [0.4, 0.5) is 0 Å². The maximum absolute atomic E-state index is 11.7. The van der Waals surface area contributed by atoms with Crippen LogP contribution in [0.5, 0.6) is 0 Å². The van der Waals surface area contributed by atoms with Gasteiger partial charge in [-0.25, -0.2) is 4.79 Å². The van der Waals surface area contributed by atoms with E-state index in [2.05, 4.69) is 0 Å². The number of rotatable bonds is 1. The summed E-state index contributed by atoms with van der Waals surface area (Å²) in [4.78, 5) is 11.7. The molecule has 19 heavy (non-hydrogen) atoms. The number of halogens is 2. The largest absolute Gasteiger partial charge is 0.422 e. The summed E-state index contributed by atoms with van der Waals surface area (Å²) in [6, 6.07) is 12.5. The monoisotopic (exact) mass is 290 g/mol. The van der Waals surface area contributed by atoms with Crippen molar-refractivity contribution in [2.45, 2.75) is 0 Å². The minimum Gasteiger partial charge on any atom is -0.422 e. The van der Waals surface area contributed by atoms with Crippen LogP contribution >= 0.6 is 23.2 Å². The number of hydrogen-bond acceptors (Lipinski definition) is 2. The first-order valence-electron chi connectivity index (χ1n) is 5.64. The Kier molecular flexibility index (Phi) is 3.05. The van der Waals surface area contributed by atoms with E-state index in [-0.39, 0.29) is 0 Å². The summed E-state index contributed by atoms with van der Waals surface area (Å²) in [5.74, 6) is 0.0366. The second kappa shape index (κ2) is 4.72. The van der Waals surface area contributed by atoms with Crippen molar-refractivity contribution in [2.75, 3.05) is 0 Å². The van der Waals surface area contributed by atoms with Crippen molar-refractivity contribution in [1.82, 2.24) is 0 Å². The Hall–Kier alpha value is -1.77. The molecule has 1 aliphatic rings. The average molecular weight is 291 g/mol. The Labute approximate surface area is 120 Å². The third-order valence-electron chi connectivity index (χ3n) is 2.87. The summed E-state index contributed by atoms with van der Waals surface area (Å²) in [6.45, 7) is 0. The second-order valence-corrected chi connectivity index (χ2v) is 4.90. The van der Waals surface area contributed by atoms with Gasteiger partial charge in [0.25, 0.3) is 0 Å². The number of esters is 1. The molecule has 0 amide bonds. The Morgan fingerprint density at radius 3 is 2.47 bits per heavy atom. The van der Waals surface area contributed by atoms with Gasteiger partial charge in [0.05, 0.1) is 16.1 Å². The number of fused-ring (bicyclic) bond motifs is 1. The first kappa shape index (κ1) is 12.3. The standard InChI is InChI=1S/C15H8Cl2O2/c16-11-6-2-1-4-9(11)8-13-14-10(15(18)19-13)5-3-7-12(14)17/h1-8H. The number of cyclic esters (lactones) is 1. The highest BCUT2D eigenvalue weighted by atomic mass is 35.5. The molecule has 0 aliphatic carbocycles. The molecule has 0 N–H and O–H groups in total. The molecule has 2 aromatic rings. The van der Waals surface area contributed by atoms with Crippen LogP contribution in [-0.2, 0) is 4.74 Å². The summed E-state index contributed by atoms with van der Waals surface area (Å²) in [5, 5.41) is 1.08. The molecule has 0 saturated carbocycles. The van der Waals surface area contributed by atoms with Crippen LogP contribution in [0.3, 0.4) is 0 Å². The van der Waals surface area contributed by atoms with Gasteiger partial charge >= 0.3 is 5.97 Å². The van der Waals surface area contributed by atoms with Gasteiger partial charge in [0.2, 0.25) is 0 Å². The molecule has 0 radical (unpaired) electrons. The van der Waals surface area contributed by atoms with Crippen LogP contribution in [0.1, 0.15) is 21.5 Å². The number of carbonyl (C=O) groups excluding carboxylic acids is 1. The summed E-state index contributed by atoms with van der Waals surface area (Å²) in [7, 11) is 0. The van der Waals surface area contributed by atoms with E-state index >= 15 is 0 Å². The van der Waals surface area contributed by atoms with Crippen molar-refractivity contribution in [3.05, 3.63) is 69.2 Å². The zero-order valence-corrected chi connectivity index (χ0v) is 11.2. The molecule has 0 unspecified atom stereocenters. The predicted octanol–water partition coefficient (Wildman–Crippen LogP) is 4.66. The van der Waals surface area contributed by atoms with Gasteiger partial charge in [0.1, 0.15) is 5.76 Å². The van der Waals surface area contributed by atoms with Crippen LogP contribution in [0, 0.1) is 0 Å². The number of carbonyl (C=O) groups is 1. The molecular formula is C15H8Cl2O2. The van der Waals surface area contributed by atoms with Crippen LogP contribution in [0.15, 0.2) is 42.5 Å². The second-order valence-electron chi connectivity index (χ2n) is 4.08. The SMILES string of the molecule is O=C1OC(=Cc2ccccc2Cl)c2c(Cl)cccc21. The fourth-order valence-corrected chi connectivity index (χ4v) is 2.44. The molecule has 0 atom stereocenters. The topological polar surface area (TPSA) is 26.3 Å². The molecule has 94 valence electrons. The third kappa shape index (κ3) is 2.14. The van der Waals surface area contributed by atoms with E-state index in [1.54, 1.807) is 30.3 Å². The van der Waals surface area contributed by atoms with Crippen LogP contribution in [0.25, 0.3) is 11.8 Å². The summed E-state index contributed by atoms with van der Waals surface area (Å²) in [6.07, 6.45) is 1.72. The summed E-state index contributed by atoms with van der Waals surface area (Å²) >= 11 is 12.2. The molecule has 0 fully saturated rings. The Balaban J connectivity index is 2.16. The van der Waals surface area contributed by atoms with Gasteiger partial charge in [0.15, 0.2) is 0 Å². The van der Waals surface area contributed by atoms with Crippen molar-refractivity contribution in [3.63, 3.8) is 0 Å². The zero-order valence-electron chi connectivity index (χ0n) is 9.69. The van der Waals surface area contributed by atoms with Crippen molar-refractivity contribution in [3.8, 4) is 0 Å². The van der Waals surface area contributed by atoms with E-state index in [1.807, 2.05) is 18.2 Å². The van der Waals surface area contributed by atoms with E-state index in [1.165, 1.54) is 0 Å². The van der Waals surface area contributed by atoms with Crippen LogP contribution < -0.4 is 0 Å². The molecule has 0 aromatic heterocycles. The van der Waals surface area contributed by atoms with Crippen molar-refractivity contribution < 1.29 is 9.53 Å². The van der Waals surface area contributed by atoms with Gasteiger partial charge in [-0.05, 0) is 29.8 Å². The van der Waals surface area contributed by atoms with E-state index in [0.29, 0.717) is 26.9 Å². The zero-order chi connectivity index (χ0) is 13.4. The minimum atomic E-state index is -0.393. The maximum Gasteiger partial charge on any atom is 0.344 e. The first-order valence-corrected chi connectivity index (χ1v) is 6.39. The van der Waals surface area contributed by atoms with E-state index < -0.39 is 5.97 Å². The lowest BCUT2D eigenvalue weighted by molar-refractivity contribution is 0.0717. The third-order valence-corrected chi connectivity index (χ3v) is 3.53. The molecule has 0 bridgehead atoms. The molecule has 4 heteroatoms. The Morgan fingerprint density at radius 2 is 1.68 bits per heavy atom. The van der Waals surface area contributed by atoms with Gasteiger partial charge in [-0.3, -0.25) is 0 Å². The molecule has 3 rings (SSSR count). The lowest BCUT2D eigenvalue weighted by Crippen LogP contribution is -1.92. The van der Waals surface area contributed by atoms with E-state index in [9.17, 15) is 4.79 Å². The molecular weight excluding hydrogens is 283 g/mol.